The highest BCUT2D eigenvalue weighted by atomic mass is 16.1. The quantitative estimate of drug-likeness (QED) is 0.785. The van der Waals surface area contributed by atoms with Crippen molar-refractivity contribution >= 4 is 0 Å². The predicted molar refractivity (Wildman–Crippen MR) is 70.2 cm³/mol. The van der Waals surface area contributed by atoms with E-state index in [0.717, 1.165) is 17.8 Å². The highest BCUT2D eigenvalue weighted by molar-refractivity contribution is 5.20. The summed E-state index contributed by atoms with van der Waals surface area (Å²) in [6.07, 6.45) is 2.10. The summed E-state index contributed by atoms with van der Waals surface area (Å²) in [5, 5.41) is 3.29. The van der Waals surface area contributed by atoms with Crippen LogP contribution < -0.4 is 10.9 Å². The molecule has 17 heavy (non-hydrogen) atoms. The number of aryl methyl sites for hydroxylation is 2. The van der Waals surface area contributed by atoms with Gasteiger partial charge in [0.2, 0.25) is 0 Å². The van der Waals surface area contributed by atoms with Crippen molar-refractivity contribution in [1.29, 1.82) is 0 Å². The molecule has 0 radical (unpaired) electrons. The number of nitrogens with one attached hydrogen (secondary N) is 2. The molecule has 0 amide bonds. The van der Waals surface area contributed by atoms with Crippen molar-refractivity contribution in [1.82, 2.24) is 15.3 Å². The Labute approximate surface area is 102 Å². The van der Waals surface area contributed by atoms with E-state index in [0.29, 0.717) is 5.82 Å². The molecule has 1 unspecified atom stereocenters. The first-order valence-electron chi connectivity index (χ1n) is 5.86. The normalized spacial score (nSPS) is 12.3. The van der Waals surface area contributed by atoms with Gasteiger partial charge in [0.1, 0.15) is 5.82 Å². The lowest BCUT2D eigenvalue weighted by Gasteiger charge is -2.14. The molecule has 4 heteroatoms. The summed E-state index contributed by atoms with van der Waals surface area (Å²) in [4.78, 5) is 18.9. The van der Waals surface area contributed by atoms with E-state index in [9.17, 15) is 4.79 Å². The molecule has 1 rings (SSSR count). The summed E-state index contributed by atoms with van der Waals surface area (Å²) in [5.41, 5.74) is 2.73. The van der Waals surface area contributed by atoms with Gasteiger partial charge in [-0.3, -0.25) is 4.79 Å². The molecule has 0 aromatic carbocycles. The number of hydrogen-bond acceptors (Lipinski definition) is 3. The maximum Gasteiger partial charge on any atom is 0.255 e. The Morgan fingerprint density at radius 1 is 1.47 bits per heavy atom. The SMILES string of the molecule is CC(C)=CCNC(C)c1c(C)nc(C)[nH]c1=O. The standard InChI is InChI=1S/C13H21N3O/c1-8(2)6-7-14-9(3)12-10(4)15-11(5)16-13(12)17/h6,9,14H,7H2,1-5H3,(H,15,16,17). The van der Waals surface area contributed by atoms with Crippen LogP contribution in [-0.2, 0) is 0 Å². The number of nitrogens with zero attached hydrogens (tertiary/aromatic N) is 1. The zero-order chi connectivity index (χ0) is 13.0. The maximum atomic E-state index is 11.8. The molecular formula is C13H21N3O. The minimum absolute atomic E-state index is 0.00227. The Kier molecular flexibility index (Phi) is 4.63. The molecule has 1 heterocycles. The Hall–Kier alpha value is -1.42. The number of aromatic amines is 1. The Bertz CT molecular complexity index is 470. The van der Waals surface area contributed by atoms with Gasteiger partial charge in [0.25, 0.3) is 5.56 Å². The highest BCUT2D eigenvalue weighted by Crippen LogP contribution is 2.10. The molecule has 1 aromatic rings. The minimum Gasteiger partial charge on any atom is -0.310 e. The van der Waals surface area contributed by atoms with Crippen LogP contribution in [0, 0.1) is 13.8 Å². The first kappa shape index (κ1) is 13.6. The van der Waals surface area contributed by atoms with Crippen LogP contribution >= 0.6 is 0 Å². The van der Waals surface area contributed by atoms with E-state index in [1.165, 1.54) is 5.57 Å². The fourth-order valence-corrected chi connectivity index (χ4v) is 1.79. The molecule has 0 aliphatic carbocycles. The van der Waals surface area contributed by atoms with Crippen LogP contribution in [0.2, 0.25) is 0 Å². The van der Waals surface area contributed by atoms with E-state index in [1.807, 2.05) is 13.8 Å². The average Bonchev–Trinajstić information content (AvgIpc) is 2.14. The zero-order valence-electron chi connectivity index (χ0n) is 11.2. The number of allylic oxidation sites excluding steroid dienone is 1. The van der Waals surface area contributed by atoms with Crippen LogP contribution in [0.15, 0.2) is 16.4 Å². The van der Waals surface area contributed by atoms with E-state index in [1.54, 1.807) is 6.92 Å². The lowest BCUT2D eigenvalue weighted by molar-refractivity contribution is 0.600. The molecule has 0 bridgehead atoms. The van der Waals surface area contributed by atoms with Crippen molar-refractivity contribution in [2.75, 3.05) is 6.54 Å². The van der Waals surface area contributed by atoms with Crippen molar-refractivity contribution in [3.05, 3.63) is 39.1 Å². The fraction of sp³-hybridized carbons (Fsp3) is 0.538. The van der Waals surface area contributed by atoms with Crippen LogP contribution in [-0.4, -0.2) is 16.5 Å². The van der Waals surface area contributed by atoms with Crippen LogP contribution in [0.3, 0.4) is 0 Å². The minimum atomic E-state index is -0.0489. The van der Waals surface area contributed by atoms with Gasteiger partial charge in [0, 0.05) is 18.3 Å². The number of hydrogen-bond donors (Lipinski definition) is 2. The molecular weight excluding hydrogens is 214 g/mol. The van der Waals surface area contributed by atoms with Crippen LogP contribution in [0.1, 0.15) is 43.9 Å². The van der Waals surface area contributed by atoms with Crippen LogP contribution in [0.25, 0.3) is 0 Å². The summed E-state index contributed by atoms with van der Waals surface area (Å²) in [7, 11) is 0. The summed E-state index contributed by atoms with van der Waals surface area (Å²) in [6, 6.07) is 0.00227. The predicted octanol–water partition coefficient (Wildman–Crippen LogP) is 2.00. The molecule has 0 saturated heterocycles. The van der Waals surface area contributed by atoms with E-state index >= 15 is 0 Å². The Morgan fingerprint density at radius 3 is 2.65 bits per heavy atom. The third kappa shape index (κ3) is 3.82. The first-order valence-corrected chi connectivity index (χ1v) is 5.86. The molecule has 0 aliphatic rings. The topological polar surface area (TPSA) is 57.8 Å². The van der Waals surface area contributed by atoms with E-state index < -0.39 is 0 Å². The van der Waals surface area contributed by atoms with Gasteiger partial charge in [0.05, 0.1) is 5.56 Å². The molecule has 1 aromatic heterocycles. The number of rotatable bonds is 4. The molecule has 0 spiro atoms. The monoisotopic (exact) mass is 235 g/mol. The van der Waals surface area contributed by atoms with Gasteiger partial charge >= 0.3 is 0 Å². The molecule has 0 saturated carbocycles. The van der Waals surface area contributed by atoms with Crippen molar-refractivity contribution in [2.45, 2.75) is 40.7 Å². The van der Waals surface area contributed by atoms with E-state index in [-0.39, 0.29) is 11.6 Å². The number of H-pyrrole nitrogens is 1. The maximum absolute atomic E-state index is 11.8. The van der Waals surface area contributed by atoms with E-state index in [2.05, 4.69) is 35.2 Å². The van der Waals surface area contributed by atoms with Gasteiger partial charge in [0.15, 0.2) is 0 Å². The largest absolute Gasteiger partial charge is 0.310 e. The smallest absolute Gasteiger partial charge is 0.255 e. The van der Waals surface area contributed by atoms with Crippen LogP contribution in [0.5, 0.6) is 0 Å². The second-order valence-electron chi connectivity index (χ2n) is 4.56. The van der Waals surface area contributed by atoms with E-state index in [4.69, 9.17) is 0 Å². The highest BCUT2D eigenvalue weighted by Gasteiger charge is 2.13. The molecule has 0 aliphatic heterocycles. The Morgan fingerprint density at radius 2 is 2.12 bits per heavy atom. The summed E-state index contributed by atoms with van der Waals surface area (Å²) < 4.78 is 0. The van der Waals surface area contributed by atoms with Gasteiger partial charge < -0.3 is 10.3 Å². The third-order valence-corrected chi connectivity index (χ3v) is 2.63. The van der Waals surface area contributed by atoms with Crippen molar-refractivity contribution in [3.63, 3.8) is 0 Å². The first-order chi connectivity index (χ1) is 7.91. The fourth-order valence-electron chi connectivity index (χ4n) is 1.79. The van der Waals surface area contributed by atoms with Crippen LogP contribution in [0.4, 0.5) is 0 Å². The number of aromatic nitrogens is 2. The molecule has 0 fully saturated rings. The molecule has 4 nitrogen and oxygen atoms in total. The zero-order valence-corrected chi connectivity index (χ0v) is 11.2. The summed E-state index contributed by atoms with van der Waals surface area (Å²) in [5.74, 6) is 0.660. The average molecular weight is 235 g/mol. The van der Waals surface area contributed by atoms with Gasteiger partial charge in [-0.05, 0) is 34.6 Å². The summed E-state index contributed by atoms with van der Waals surface area (Å²) in [6.45, 7) is 10.5. The summed E-state index contributed by atoms with van der Waals surface area (Å²) >= 11 is 0. The van der Waals surface area contributed by atoms with Gasteiger partial charge in [-0.25, -0.2) is 4.98 Å². The van der Waals surface area contributed by atoms with Crippen molar-refractivity contribution in [3.8, 4) is 0 Å². The molecule has 1 atom stereocenters. The molecule has 2 N–H and O–H groups in total. The lowest BCUT2D eigenvalue weighted by atomic mass is 10.1. The third-order valence-electron chi connectivity index (χ3n) is 2.63. The van der Waals surface area contributed by atoms with Crippen molar-refractivity contribution < 1.29 is 0 Å². The second kappa shape index (κ2) is 5.77. The Balaban J connectivity index is 2.86. The second-order valence-corrected chi connectivity index (χ2v) is 4.56. The van der Waals surface area contributed by atoms with Gasteiger partial charge in [-0.1, -0.05) is 11.6 Å². The van der Waals surface area contributed by atoms with Gasteiger partial charge in [-0.2, -0.15) is 0 Å². The molecule has 94 valence electrons. The van der Waals surface area contributed by atoms with Crippen molar-refractivity contribution in [2.24, 2.45) is 0 Å². The lowest BCUT2D eigenvalue weighted by Crippen LogP contribution is -2.28. The van der Waals surface area contributed by atoms with Gasteiger partial charge in [-0.15, -0.1) is 0 Å².